The van der Waals surface area contributed by atoms with E-state index >= 15 is 0 Å². The fourth-order valence-electron chi connectivity index (χ4n) is 1.82. The molecule has 0 aliphatic carbocycles. The van der Waals surface area contributed by atoms with Crippen LogP contribution in [0.2, 0.25) is 0 Å². The summed E-state index contributed by atoms with van der Waals surface area (Å²) in [4.78, 5) is 0. The minimum absolute atomic E-state index is 0.0106. The second-order valence-corrected chi connectivity index (χ2v) is 4.42. The van der Waals surface area contributed by atoms with Gasteiger partial charge in [0.05, 0.1) is 5.60 Å². The highest BCUT2D eigenvalue weighted by molar-refractivity contribution is 5.37. The van der Waals surface area contributed by atoms with Gasteiger partial charge >= 0.3 is 6.36 Å². The SMILES string of the molecule is COC(CC(C)(O)c1ccccc1OC(F)(F)F)OC. The zero-order valence-corrected chi connectivity index (χ0v) is 11.4. The maximum Gasteiger partial charge on any atom is 0.573 e. The summed E-state index contributed by atoms with van der Waals surface area (Å²) in [5, 5.41) is 10.4. The molecule has 1 aromatic rings. The van der Waals surface area contributed by atoms with Crippen molar-refractivity contribution < 1.29 is 32.5 Å². The van der Waals surface area contributed by atoms with Gasteiger partial charge in [-0.1, -0.05) is 18.2 Å². The van der Waals surface area contributed by atoms with Crippen molar-refractivity contribution in [2.75, 3.05) is 14.2 Å². The molecule has 7 heteroatoms. The van der Waals surface area contributed by atoms with Crippen molar-refractivity contribution in [2.24, 2.45) is 0 Å². The lowest BCUT2D eigenvalue weighted by atomic mass is 9.91. The van der Waals surface area contributed by atoms with Crippen molar-refractivity contribution in [3.63, 3.8) is 0 Å². The van der Waals surface area contributed by atoms with E-state index in [4.69, 9.17) is 9.47 Å². The topological polar surface area (TPSA) is 47.9 Å². The van der Waals surface area contributed by atoms with Gasteiger partial charge in [0.25, 0.3) is 0 Å². The number of rotatable bonds is 6. The van der Waals surface area contributed by atoms with Gasteiger partial charge in [-0.3, -0.25) is 0 Å². The summed E-state index contributed by atoms with van der Waals surface area (Å²) in [5.74, 6) is -0.448. The van der Waals surface area contributed by atoms with Crippen LogP contribution in [0.4, 0.5) is 13.2 Å². The Labute approximate surface area is 115 Å². The van der Waals surface area contributed by atoms with Gasteiger partial charge in [0.2, 0.25) is 0 Å². The maximum atomic E-state index is 12.4. The quantitative estimate of drug-likeness (QED) is 0.820. The predicted molar refractivity (Wildman–Crippen MR) is 65.1 cm³/mol. The molecule has 0 radical (unpaired) electrons. The van der Waals surface area contributed by atoms with E-state index in [-0.39, 0.29) is 12.0 Å². The van der Waals surface area contributed by atoms with Crippen molar-refractivity contribution in [1.29, 1.82) is 0 Å². The Kier molecular flexibility index (Phi) is 5.38. The summed E-state index contributed by atoms with van der Waals surface area (Å²) in [5.41, 5.74) is -1.59. The van der Waals surface area contributed by atoms with Gasteiger partial charge < -0.3 is 19.3 Å². The Morgan fingerprint density at radius 1 is 1.15 bits per heavy atom. The molecule has 1 atom stereocenters. The van der Waals surface area contributed by atoms with Crippen LogP contribution in [-0.4, -0.2) is 32.0 Å². The minimum Gasteiger partial charge on any atom is -0.405 e. The Balaban J connectivity index is 3.05. The van der Waals surface area contributed by atoms with Crippen LogP contribution in [0.5, 0.6) is 5.75 Å². The van der Waals surface area contributed by atoms with Gasteiger partial charge in [-0.25, -0.2) is 0 Å². The van der Waals surface area contributed by atoms with Crippen LogP contribution in [0.15, 0.2) is 24.3 Å². The van der Waals surface area contributed by atoms with E-state index in [2.05, 4.69) is 4.74 Å². The zero-order chi connectivity index (χ0) is 15.4. The molecular formula is C13H17F3O4. The number of aliphatic hydroxyl groups is 1. The zero-order valence-electron chi connectivity index (χ0n) is 11.4. The van der Waals surface area contributed by atoms with Crippen LogP contribution < -0.4 is 4.74 Å². The highest BCUT2D eigenvalue weighted by Gasteiger charge is 2.36. The van der Waals surface area contributed by atoms with Crippen LogP contribution in [-0.2, 0) is 15.1 Å². The van der Waals surface area contributed by atoms with Gasteiger partial charge in [0.1, 0.15) is 5.75 Å². The molecule has 20 heavy (non-hydrogen) atoms. The number of benzene rings is 1. The molecule has 0 aliphatic rings. The molecule has 0 bridgehead atoms. The molecule has 0 spiro atoms. The fourth-order valence-corrected chi connectivity index (χ4v) is 1.82. The molecular weight excluding hydrogens is 277 g/mol. The fraction of sp³-hybridized carbons (Fsp3) is 0.538. The van der Waals surface area contributed by atoms with Gasteiger partial charge in [-0.05, 0) is 13.0 Å². The molecule has 0 aromatic heterocycles. The Hall–Kier alpha value is -1.31. The van der Waals surface area contributed by atoms with E-state index in [1.165, 1.54) is 39.3 Å². The summed E-state index contributed by atoms with van der Waals surface area (Å²) in [6, 6.07) is 5.42. The van der Waals surface area contributed by atoms with Crippen molar-refractivity contribution in [3.05, 3.63) is 29.8 Å². The highest BCUT2D eigenvalue weighted by Crippen LogP contribution is 2.36. The van der Waals surface area contributed by atoms with Crippen LogP contribution in [0.25, 0.3) is 0 Å². The lowest BCUT2D eigenvalue weighted by Crippen LogP contribution is -2.31. The monoisotopic (exact) mass is 294 g/mol. The van der Waals surface area contributed by atoms with E-state index in [0.717, 1.165) is 6.07 Å². The normalized spacial score (nSPS) is 15.2. The third-order valence-electron chi connectivity index (χ3n) is 2.78. The molecule has 0 saturated heterocycles. The van der Waals surface area contributed by atoms with E-state index in [1.54, 1.807) is 0 Å². The first-order valence-electron chi connectivity index (χ1n) is 5.83. The summed E-state index contributed by atoms with van der Waals surface area (Å²) in [6.07, 6.45) is -5.62. The number of halogens is 3. The first-order valence-corrected chi connectivity index (χ1v) is 5.83. The van der Waals surface area contributed by atoms with Gasteiger partial charge in [0.15, 0.2) is 6.29 Å². The van der Waals surface area contributed by atoms with E-state index < -0.39 is 24.0 Å². The van der Waals surface area contributed by atoms with E-state index in [0.29, 0.717) is 0 Å². The molecule has 0 amide bonds. The largest absolute Gasteiger partial charge is 0.573 e. The average Bonchev–Trinajstić information content (AvgIpc) is 2.34. The maximum absolute atomic E-state index is 12.4. The van der Waals surface area contributed by atoms with Crippen molar-refractivity contribution in [3.8, 4) is 5.75 Å². The number of methoxy groups -OCH3 is 2. The smallest absolute Gasteiger partial charge is 0.405 e. The number of hydrogen-bond donors (Lipinski definition) is 1. The molecule has 0 heterocycles. The van der Waals surface area contributed by atoms with Crippen LogP contribution >= 0.6 is 0 Å². The summed E-state index contributed by atoms with van der Waals surface area (Å²) in [6.45, 7) is 1.37. The Bertz CT molecular complexity index is 428. The molecule has 4 nitrogen and oxygen atoms in total. The lowest BCUT2D eigenvalue weighted by molar-refractivity contribution is -0.275. The van der Waals surface area contributed by atoms with E-state index in [9.17, 15) is 18.3 Å². The molecule has 0 aliphatic heterocycles. The molecule has 1 unspecified atom stereocenters. The highest BCUT2D eigenvalue weighted by atomic mass is 19.4. The lowest BCUT2D eigenvalue weighted by Gasteiger charge is -2.29. The molecule has 114 valence electrons. The number of hydrogen-bond acceptors (Lipinski definition) is 4. The average molecular weight is 294 g/mol. The summed E-state index contributed by atoms with van der Waals surface area (Å²) < 4.78 is 50.9. The van der Waals surface area contributed by atoms with Gasteiger partial charge in [-0.15, -0.1) is 13.2 Å². The first kappa shape index (κ1) is 16.7. The first-order chi connectivity index (χ1) is 9.19. The molecule has 0 saturated carbocycles. The number of ether oxygens (including phenoxy) is 3. The number of alkyl halides is 3. The van der Waals surface area contributed by atoms with Crippen molar-refractivity contribution in [1.82, 2.24) is 0 Å². The molecule has 0 fully saturated rings. The van der Waals surface area contributed by atoms with E-state index in [1.807, 2.05) is 0 Å². The summed E-state index contributed by atoms with van der Waals surface area (Å²) >= 11 is 0. The summed E-state index contributed by atoms with van der Waals surface area (Å²) in [7, 11) is 2.75. The van der Waals surface area contributed by atoms with Crippen LogP contribution in [0.3, 0.4) is 0 Å². The molecule has 1 N–H and O–H groups in total. The Morgan fingerprint density at radius 3 is 2.20 bits per heavy atom. The Morgan fingerprint density at radius 2 is 1.70 bits per heavy atom. The predicted octanol–water partition coefficient (Wildman–Crippen LogP) is 2.80. The molecule has 1 rings (SSSR count). The van der Waals surface area contributed by atoms with Gasteiger partial charge in [0, 0.05) is 26.2 Å². The standard InChI is InChI=1S/C13H17F3O4/c1-12(17,8-11(18-2)19-3)9-6-4-5-7-10(9)20-13(14,15)16/h4-7,11,17H,8H2,1-3H3. The van der Waals surface area contributed by atoms with Crippen LogP contribution in [0.1, 0.15) is 18.9 Å². The van der Waals surface area contributed by atoms with Crippen molar-refractivity contribution in [2.45, 2.75) is 31.6 Å². The second-order valence-electron chi connectivity index (χ2n) is 4.42. The minimum atomic E-state index is -4.83. The molecule has 1 aromatic carbocycles. The van der Waals surface area contributed by atoms with Crippen molar-refractivity contribution >= 4 is 0 Å². The van der Waals surface area contributed by atoms with Gasteiger partial charge in [-0.2, -0.15) is 0 Å². The third-order valence-corrected chi connectivity index (χ3v) is 2.78. The van der Waals surface area contributed by atoms with Crippen LogP contribution in [0, 0.1) is 0 Å². The number of para-hydroxylation sites is 1. The second kappa shape index (κ2) is 6.43. The third kappa shape index (κ3) is 4.66.